The molecule has 5 N–H and O–H groups in total. The van der Waals surface area contributed by atoms with Crippen LogP contribution in [0.2, 0.25) is 0 Å². The first-order valence-corrected chi connectivity index (χ1v) is 20.3. The minimum Gasteiger partial charge on any atom is -0.406 e. The largest absolute Gasteiger partial charge is 0.573 e. The summed E-state index contributed by atoms with van der Waals surface area (Å²) in [5, 5.41) is 6.40. The van der Waals surface area contributed by atoms with Gasteiger partial charge in [0.05, 0.1) is 0 Å². The number of amides is 1. The second-order valence-electron chi connectivity index (χ2n) is 15.4. The van der Waals surface area contributed by atoms with Crippen LogP contribution in [0.1, 0.15) is 72.0 Å². The number of nitrogens with zero attached hydrogens (tertiary/aromatic N) is 3. The molecule has 2 fully saturated rings. The fourth-order valence-electron chi connectivity index (χ4n) is 8.45. The van der Waals surface area contributed by atoms with Crippen LogP contribution in [0.3, 0.4) is 0 Å². The second-order valence-corrected chi connectivity index (χ2v) is 15.4. The van der Waals surface area contributed by atoms with Gasteiger partial charge in [-0.3, -0.25) is 9.78 Å². The maximum Gasteiger partial charge on any atom is 0.573 e. The molecule has 0 radical (unpaired) electrons. The quantitative estimate of drug-likeness (QED) is 0.0716. The number of nitrogens with two attached hydrogens (primary N) is 1. The van der Waals surface area contributed by atoms with Gasteiger partial charge in [0.25, 0.3) is 5.91 Å². The molecule has 1 amide bonds. The fourth-order valence-corrected chi connectivity index (χ4v) is 8.45. The number of hydrogen-bond donors (Lipinski definition) is 4. The first-order valence-electron chi connectivity index (χ1n) is 20.3. The van der Waals surface area contributed by atoms with Gasteiger partial charge >= 0.3 is 12.7 Å². The predicted octanol–water partition coefficient (Wildman–Crippen LogP) is 9.21. The van der Waals surface area contributed by atoms with Crippen molar-refractivity contribution in [1.29, 1.82) is 0 Å². The summed E-state index contributed by atoms with van der Waals surface area (Å²) in [5.74, 6) is 0.0891. The zero-order valence-electron chi connectivity index (χ0n) is 33.0. The lowest BCUT2D eigenvalue weighted by molar-refractivity contribution is -0.275. The number of pyridine rings is 1. The number of aromatic nitrogens is 3. The van der Waals surface area contributed by atoms with E-state index in [2.05, 4.69) is 39.5 Å². The Morgan fingerprint density at radius 3 is 1.75 bits per heavy atom. The van der Waals surface area contributed by atoms with Crippen molar-refractivity contribution in [3.63, 3.8) is 0 Å². The van der Waals surface area contributed by atoms with Gasteiger partial charge < -0.3 is 40.3 Å². The maximum absolute atomic E-state index is 12.6. The van der Waals surface area contributed by atoms with Crippen LogP contribution in [0.25, 0.3) is 32.6 Å². The highest BCUT2D eigenvalue weighted by Crippen LogP contribution is 2.37. The van der Waals surface area contributed by atoms with Crippen molar-refractivity contribution >= 4 is 38.5 Å². The number of ether oxygens (including phenoxy) is 2. The lowest BCUT2D eigenvalue weighted by Crippen LogP contribution is -2.35. The molecular formula is C44H49F6N7O3. The first-order chi connectivity index (χ1) is 28.8. The van der Waals surface area contributed by atoms with Gasteiger partial charge in [0.2, 0.25) is 0 Å². The molecule has 8 rings (SSSR count). The van der Waals surface area contributed by atoms with E-state index in [4.69, 9.17) is 5.73 Å². The third-order valence-electron chi connectivity index (χ3n) is 11.4. The Morgan fingerprint density at radius 2 is 1.23 bits per heavy atom. The highest BCUT2D eigenvalue weighted by molar-refractivity contribution is 6.05. The number of alkyl halides is 6. The summed E-state index contributed by atoms with van der Waals surface area (Å²) in [7, 11) is 0. The number of nitrogens with one attached hydrogen (secondary N) is 3. The molecule has 60 heavy (non-hydrogen) atoms. The number of rotatable bonds is 12. The highest BCUT2D eigenvalue weighted by atomic mass is 19.4. The van der Waals surface area contributed by atoms with E-state index in [1.165, 1.54) is 24.3 Å². The van der Waals surface area contributed by atoms with Crippen LogP contribution in [-0.2, 0) is 0 Å². The second kappa shape index (κ2) is 18.9. The zero-order valence-corrected chi connectivity index (χ0v) is 33.0. The molecule has 0 saturated carbocycles. The van der Waals surface area contributed by atoms with Crippen LogP contribution in [0.4, 0.5) is 26.3 Å². The first kappa shape index (κ1) is 42.8. The van der Waals surface area contributed by atoms with Gasteiger partial charge in [-0.15, -0.1) is 26.3 Å². The van der Waals surface area contributed by atoms with Crippen molar-refractivity contribution in [1.82, 2.24) is 30.1 Å². The van der Waals surface area contributed by atoms with Crippen LogP contribution >= 0.6 is 0 Å². The molecule has 0 atom stereocenters. The Bertz CT molecular complexity index is 2340. The number of hydrogen-bond acceptors (Lipinski definition) is 7. The minimum absolute atomic E-state index is 0.168. The lowest BCUT2D eigenvalue weighted by Gasteiger charge is -2.32. The van der Waals surface area contributed by atoms with E-state index in [1.54, 1.807) is 18.3 Å². The van der Waals surface area contributed by atoms with Crippen molar-refractivity contribution in [3.8, 4) is 11.5 Å². The topological polar surface area (TPSA) is 125 Å². The molecule has 0 unspecified atom stereocenters. The molecule has 2 saturated heterocycles. The van der Waals surface area contributed by atoms with Crippen LogP contribution in [0.15, 0.2) is 85.3 Å². The smallest absolute Gasteiger partial charge is 0.406 e. The van der Waals surface area contributed by atoms with Gasteiger partial charge in [0.15, 0.2) is 0 Å². The number of fused-ring (bicyclic) bond motifs is 3. The Kier molecular flexibility index (Phi) is 13.5. The normalized spacial score (nSPS) is 16.2. The molecule has 0 bridgehead atoms. The summed E-state index contributed by atoms with van der Waals surface area (Å²) in [5.41, 5.74) is 9.74. The van der Waals surface area contributed by atoms with Crippen molar-refractivity contribution in [3.05, 3.63) is 102 Å². The zero-order chi connectivity index (χ0) is 42.3. The summed E-state index contributed by atoms with van der Waals surface area (Å²) < 4.78 is 83.3. The molecule has 0 aliphatic carbocycles. The number of benzene rings is 3. The molecule has 3 aromatic heterocycles. The molecule has 2 aliphatic rings. The number of halogens is 6. The van der Waals surface area contributed by atoms with E-state index < -0.39 is 12.7 Å². The average molecular weight is 838 g/mol. The summed E-state index contributed by atoms with van der Waals surface area (Å²) in [6.45, 7) is 6.93. The average Bonchev–Trinajstić information content (AvgIpc) is 3.85. The van der Waals surface area contributed by atoms with E-state index in [1.807, 2.05) is 42.7 Å². The molecule has 320 valence electrons. The standard InChI is InChI=1S/C27H27F3N4O2.C17H22F3N3O/c28-27(29,30)36-20-6-7-24-22(16-20)23(17-33-24)19-9-14-34(15-10-19)13-3-11-32-26(35)25-21-5-2-1-4-18(21)8-12-31-25;18-17(19,20)24-13-2-3-16-14(10-13)15(11-22-16)12-4-8-23(9-5-12)7-1-6-21/h1-2,4-8,12,16-17,19,33H,3,9-11,13-15H2,(H,32,35);2-3,10-12,22H,1,4-9,21H2. The fraction of sp³-hybridized carbons (Fsp3) is 0.409. The molecule has 16 heteroatoms. The number of carbonyl (C=O) groups is 1. The number of H-pyrrole nitrogens is 2. The molecule has 5 heterocycles. The van der Waals surface area contributed by atoms with Crippen LogP contribution < -0.4 is 20.5 Å². The van der Waals surface area contributed by atoms with E-state index in [0.29, 0.717) is 24.7 Å². The van der Waals surface area contributed by atoms with Gasteiger partial charge in [-0.1, -0.05) is 24.3 Å². The molecule has 10 nitrogen and oxygen atoms in total. The SMILES string of the molecule is NCCCN1CCC(c2c[nH]c3ccc(OC(F)(F)F)cc23)CC1.O=C(NCCCN1CCC(c2c[nH]c3ccc(OC(F)(F)F)cc23)CC1)c1nccc2ccccc12. The third-order valence-corrected chi connectivity index (χ3v) is 11.4. The Labute approximate surface area is 343 Å². The van der Waals surface area contributed by atoms with Crippen LogP contribution in [0, 0.1) is 0 Å². The third kappa shape index (κ3) is 11.1. The van der Waals surface area contributed by atoms with Crippen LogP contribution in [-0.4, -0.2) is 95.7 Å². The summed E-state index contributed by atoms with van der Waals surface area (Å²) >= 11 is 0. The number of likely N-dealkylation sites (tertiary alicyclic amines) is 2. The number of aromatic amines is 2. The van der Waals surface area contributed by atoms with Crippen molar-refractivity contribution in [2.45, 2.75) is 63.1 Å². The van der Waals surface area contributed by atoms with E-state index in [9.17, 15) is 31.1 Å². The summed E-state index contributed by atoms with van der Waals surface area (Å²) in [6.07, 6.45) is 1.76. The Balaban J connectivity index is 0.000000197. The Morgan fingerprint density at radius 1 is 0.717 bits per heavy atom. The van der Waals surface area contributed by atoms with E-state index >= 15 is 0 Å². The predicted molar refractivity (Wildman–Crippen MR) is 219 cm³/mol. The summed E-state index contributed by atoms with van der Waals surface area (Å²) in [4.78, 5) is 28.0. The summed E-state index contributed by atoms with van der Waals surface area (Å²) in [6, 6.07) is 18.5. The van der Waals surface area contributed by atoms with Crippen molar-refractivity contribution in [2.24, 2.45) is 5.73 Å². The lowest BCUT2D eigenvalue weighted by atomic mass is 9.89. The highest BCUT2D eigenvalue weighted by Gasteiger charge is 2.33. The van der Waals surface area contributed by atoms with Gasteiger partial charge in [0.1, 0.15) is 17.2 Å². The Hall–Kier alpha value is -5.32. The molecule has 2 aliphatic heterocycles. The van der Waals surface area contributed by atoms with Crippen LogP contribution in [0.5, 0.6) is 11.5 Å². The van der Waals surface area contributed by atoms with Gasteiger partial charge in [-0.2, -0.15) is 0 Å². The monoisotopic (exact) mass is 837 g/mol. The van der Waals surface area contributed by atoms with E-state index in [0.717, 1.165) is 121 Å². The molecular weight excluding hydrogens is 789 g/mol. The maximum atomic E-state index is 12.6. The van der Waals surface area contributed by atoms with Gasteiger partial charge in [-0.05, 0) is 155 Å². The molecule has 3 aromatic carbocycles. The van der Waals surface area contributed by atoms with Gasteiger partial charge in [-0.25, -0.2) is 0 Å². The number of carbonyl (C=O) groups excluding carboxylic acids is 1. The van der Waals surface area contributed by atoms with E-state index in [-0.39, 0.29) is 23.3 Å². The molecule has 0 spiro atoms. The number of piperidine rings is 2. The minimum atomic E-state index is -4.71. The van der Waals surface area contributed by atoms with Crippen molar-refractivity contribution < 1.29 is 40.6 Å². The molecule has 6 aromatic rings. The van der Waals surface area contributed by atoms with Gasteiger partial charge in [0, 0.05) is 52.3 Å². The van der Waals surface area contributed by atoms with Crippen molar-refractivity contribution in [2.75, 3.05) is 52.4 Å².